The van der Waals surface area contributed by atoms with Crippen LogP contribution in [0.2, 0.25) is 0 Å². The van der Waals surface area contributed by atoms with Crippen molar-refractivity contribution < 1.29 is 13.3 Å². The summed E-state index contributed by atoms with van der Waals surface area (Å²) in [4.78, 5) is 9.93. The van der Waals surface area contributed by atoms with Crippen molar-refractivity contribution in [2.75, 3.05) is 5.73 Å². The molecule has 0 saturated heterocycles. The van der Waals surface area contributed by atoms with Crippen LogP contribution in [0.15, 0.2) is 23.1 Å². The molecule has 0 aromatic heterocycles. The lowest BCUT2D eigenvalue weighted by Crippen LogP contribution is -2.47. The molecule has 0 radical (unpaired) electrons. The molecule has 1 aromatic rings. The zero-order chi connectivity index (χ0) is 16.3. The van der Waals surface area contributed by atoms with Crippen LogP contribution in [0, 0.1) is 10.1 Å². The quantitative estimate of drug-likeness (QED) is 0.455. The van der Waals surface area contributed by atoms with Crippen LogP contribution in [0.1, 0.15) is 40.0 Å². The minimum Gasteiger partial charge on any atom is -0.393 e. The Morgan fingerprint density at radius 2 is 1.76 bits per heavy atom. The lowest BCUT2D eigenvalue weighted by atomic mass is 9.91. The number of nitrogens with zero attached hydrogens (tertiary/aromatic N) is 1. The molecular formula is C13H21N3O4S. The van der Waals surface area contributed by atoms with Gasteiger partial charge in [0.25, 0.3) is 0 Å². The minimum atomic E-state index is -4.02. The van der Waals surface area contributed by atoms with Crippen LogP contribution in [0.25, 0.3) is 0 Å². The molecule has 0 spiro atoms. The maximum absolute atomic E-state index is 12.5. The second-order valence-corrected chi connectivity index (χ2v) is 6.55. The Hall–Kier alpha value is -1.67. The number of sulfonamides is 1. The Kier molecular flexibility index (Phi) is 5.30. The van der Waals surface area contributed by atoms with E-state index in [1.165, 1.54) is 18.2 Å². The highest BCUT2D eigenvalue weighted by molar-refractivity contribution is 7.89. The molecular weight excluding hydrogens is 294 g/mol. The second kappa shape index (κ2) is 6.40. The molecule has 0 heterocycles. The number of benzene rings is 1. The zero-order valence-corrected chi connectivity index (χ0v) is 13.2. The van der Waals surface area contributed by atoms with Gasteiger partial charge in [0.05, 0.1) is 4.92 Å². The van der Waals surface area contributed by atoms with Gasteiger partial charge in [0.2, 0.25) is 10.0 Å². The first-order chi connectivity index (χ1) is 9.73. The second-order valence-electron chi connectivity index (χ2n) is 4.90. The Morgan fingerprint density at radius 1 is 1.24 bits per heavy atom. The summed E-state index contributed by atoms with van der Waals surface area (Å²) in [5.41, 5.74) is 4.18. The molecule has 0 unspecified atom stereocenters. The van der Waals surface area contributed by atoms with Gasteiger partial charge in [-0.3, -0.25) is 10.1 Å². The highest BCUT2D eigenvalue weighted by Crippen LogP contribution is 2.31. The molecule has 0 saturated carbocycles. The van der Waals surface area contributed by atoms with E-state index in [9.17, 15) is 18.5 Å². The summed E-state index contributed by atoms with van der Waals surface area (Å²) in [5.74, 6) is 0. The summed E-state index contributed by atoms with van der Waals surface area (Å²) < 4.78 is 27.7. The van der Waals surface area contributed by atoms with E-state index in [4.69, 9.17) is 5.73 Å². The van der Waals surface area contributed by atoms with Crippen molar-refractivity contribution in [2.24, 2.45) is 0 Å². The highest BCUT2D eigenvalue weighted by Gasteiger charge is 2.35. The normalized spacial score (nSPS) is 12.3. The van der Waals surface area contributed by atoms with Gasteiger partial charge in [-0.2, -0.15) is 0 Å². The monoisotopic (exact) mass is 315 g/mol. The van der Waals surface area contributed by atoms with Crippen LogP contribution in [0.4, 0.5) is 11.4 Å². The van der Waals surface area contributed by atoms with Gasteiger partial charge in [-0.15, -0.1) is 0 Å². The van der Waals surface area contributed by atoms with E-state index in [2.05, 4.69) is 4.72 Å². The SMILES string of the molecule is CCC(CC)(CC)NS(=O)(=O)c1cccc(N)c1[N+](=O)[O-]. The first-order valence-electron chi connectivity index (χ1n) is 6.80. The van der Waals surface area contributed by atoms with Crippen LogP contribution in [0.5, 0.6) is 0 Å². The van der Waals surface area contributed by atoms with Gasteiger partial charge in [-0.05, 0) is 31.4 Å². The predicted octanol–water partition coefficient (Wildman–Crippen LogP) is 2.42. The Balaban J connectivity index is 3.39. The van der Waals surface area contributed by atoms with Crippen LogP contribution < -0.4 is 10.5 Å². The summed E-state index contributed by atoms with van der Waals surface area (Å²) in [6.07, 6.45) is 1.78. The van der Waals surface area contributed by atoms with Crippen molar-refractivity contribution in [2.45, 2.75) is 50.5 Å². The van der Waals surface area contributed by atoms with E-state index < -0.39 is 31.1 Å². The molecule has 0 amide bonds. The van der Waals surface area contributed by atoms with Gasteiger partial charge < -0.3 is 5.73 Å². The molecule has 0 atom stereocenters. The first-order valence-corrected chi connectivity index (χ1v) is 8.28. The number of nitrogens with one attached hydrogen (secondary N) is 1. The third-order valence-corrected chi connectivity index (χ3v) is 5.49. The topological polar surface area (TPSA) is 115 Å². The van der Waals surface area contributed by atoms with Gasteiger partial charge in [0.1, 0.15) is 5.69 Å². The fourth-order valence-electron chi connectivity index (χ4n) is 2.26. The van der Waals surface area contributed by atoms with Crippen molar-refractivity contribution in [3.05, 3.63) is 28.3 Å². The van der Waals surface area contributed by atoms with E-state index in [1.807, 2.05) is 20.8 Å². The number of nitrogen functional groups attached to an aromatic ring is 1. The number of para-hydroxylation sites is 1. The van der Waals surface area contributed by atoms with E-state index >= 15 is 0 Å². The van der Waals surface area contributed by atoms with Crippen molar-refractivity contribution in [3.63, 3.8) is 0 Å². The maximum atomic E-state index is 12.5. The van der Waals surface area contributed by atoms with Gasteiger partial charge in [-0.1, -0.05) is 26.8 Å². The zero-order valence-electron chi connectivity index (χ0n) is 12.4. The number of hydrogen-bond acceptors (Lipinski definition) is 5. The van der Waals surface area contributed by atoms with E-state index in [0.717, 1.165) is 0 Å². The Bertz CT molecular complexity index is 616. The smallest absolute Gasteiger partial charge is 0.312 e. The van der Waals surface area contributed by atoms with Crippen molar-refractivity contribution in [1.82, 2.24) is 4.72 Å². The first kappa shape index (κ1) is 17.4. The summed E-state index contributed by atoms with van der Waals surface area (Å²) in [6.45, 7) is 5.63. The molecule has 7 nitrogen and oxygen atoms in total. The molecule has 0 fully saturated rings. The van der Waals surface area contributed by atoms with Gasteiger partial charge >= 0.3 is 5.69 Å². The number of nitro groups is 1. The third-order valence-electron chi connectivity index (χ3n) is 3.88. The van der Waals surface area contributed by atoms with Gasteiger partial charge in [0.15, 0.2) is 4.90 Å². The Labute approximate surface area is 124 Å². The Morgan fingerprint density at radius 3 is 2.19 bits per heavy atom. The maximum Gasteiger partial charge on any atom is 0.312 e. The summed E-state index contributed by atoms with van der Waals surface area (Å²) in [5, 5.41) is 11.1. The van der Waals surface area contributed by atoms with Crippen LogP contribution in [0.3, 0.4) is 0 Å². The number of nitro benzene ring substituents is 1. The molecule has 21 heavy (non-hydrogen) atoms. The largest absolute Gasteiger partial charge is 0.393 e. The predicted molar refractivity (Wildman–Crippen MR) is 81.4 cm³/mol. The summed E-state index contributed by atoms with van der Waals surface area (Å²) in [7, 11) is -4.02. The number of rotatable bonds is 7. The minimum absolute atomic E-state index is 0.169. The van der Waals surface area contributed by atoms with Crippen LogP contribution in [-0.4, -0.2) is 18.9 Å². The molecule has 8 heteroatoms. The van der Waals surface area contributed by atoms with Crippen molar-refractivity contribution in [3.8, 4) is 0 Å². The van der Waals surface area contributed by atoms with E-state index in [-0.39, 0.29) is 5.69 Å². The number of nitrogens with two attached hydrogens (primary N) is 1. The molecule has 0 aliphatic heterocycles. The van der Waals surface area contributed by atoms with Crippen LogP contribution >= 0.6 is 0 Å². The van der Waals surface area contributed by atoms with Crippen LogP contribution in [-0.2, 0) is 10.0 Å². The standard InChI is InChI=1S/C13H21N3O4S/c1-4-13(5-2,6-3)15-21(19,20)11-9-7-8-10(14)12(11)16(17)18/h7-9,15H,4-6,14H2,1-3H3. The molecule has 0 bridgehead atoms. The third kappa shape index (κ3) is 3.51. The average Bonchev–Trinajstić information content (AvgIpc) is 2.44. The van der Waals surface area contributed by atoms with Gasteiger partial charge in [-0.25, -0.2) is 13.1 Å². The fraction of sp³-hybridized carbons (Fsp3) is 0.538. The summed E-state index contributed by atoms with van der Waals surface area (Å²) >= 11 is 0. The molecule has 0 aliphatic carbocycles. The van der Waals surface area contributed by atoms with Crippen molar-refractivity contribution in [1.29, 1.82) is 0 Å². The molecule has 3 N–H and O–H groups in total. The molecule has 1 rings (SSSR count). The lowest BCUT2D eigenvalue weighted by Gasteiger charge is -2.31. The van der Waals surface area contributed by atoms with Crippen molar-refractivity contribution >= 4 is 21.4 Å². The van der Waals surface area contributed by atoms with Gasteiger partial charge in [0, 0.05) is 5.54 Å². The number of anilines is 1. The molecule has 1 aromatic carbocycles. The lowest BCUT2D eigenvalue weighted by molar-refractivity contribution is -0.386. The summed E-state index contributed by atoms with van der Waals surface area (Å²) in [6, 6.07) is 3.90. The highest BCUT2D eigenvalue weighted by atomic mass is 32.2. The number of hydrogen-bond donors (Lipinski definition) is 2. The average molecular weight is 315 g/mol. The van der Waals surface area contributed by atoms with E-state index in [1.54, 1.807) is 0 Å². The fourth-order valence-corrected chi connectivity index (χ4v) is 4.08. The molecule has 0 aliphatic rings. The molecule has 118 valence electrons. The van der Waals surface area contributed by atoms with E-state index in [0.29, 0.717) is 19.3 Å².